The molecule has 0 aromatic heterocycles. The molecule has 3 N–H and O–H groups in total. The summed E-state index contributed by atoms with van der Waals surface area (Å²) >= 11 is 1.77. The number of aliphatic hydroxyl groups is 1. The predicted octanol–water partition coefficient (Wildman–Crippen LogP) is 7.30. The maximum absolute atomic E-state index is 12.3. The van der Waals surface area contributed by atoms with Gasteiger partial charge in [-0.1, -0.05) is 97.9 Å². The van der Waals surface area contributed by atoms with E-state index in [0.717, 1.165) is 39.1 Å². The minimum atomic E-state index is -0.899. The summed E-state index contributed by atoms with van der Waals surface area (Å²) in [6.45, 7) is 2.52. The number of carboxylic acid groups (broad SMARTS) is 1. The quantitative estimate of drug-likeness (QED) is 0.134. The molecular formula is C37H39NO6S. The molecule has 0 aliphatic carbocycles. The summed E-state index contributed by atoms with van der Waals surface area (Å²) in [5.74, 6) is -0.182. The minimum absolute atomic E-state index is 0.00191. The van der Waals surface area contributed by atoms with Crippen LogP contribution in [0.1, 0.15) is 60.8 Å². The number of carboxylic acids is 1. The molecule has 0 bridgehead atoms. The average Bonchev–Trinajstić information content (AvgIpc) is 3.07. The standard InChI is InChI=1S/C37H39NO6S/c1-25-33(24-45-31-9-3-2-4-10-31)43-37(44-36(25)28-16-14-26(23-39)15-17-28)29-20-18-27(19-21-29)32-11-6-5-8-30(32)22-38-34(40)12-7-13-35(41)42/h2-6,8-11,14-21,25,33,36-37,39H,7,12-13,22-24H2,1H3,(H,38,40)(H,41,42)/t25-,33+,36+,37+/m1/s1. The Labute approximate surface area is 268 Å². The molecule has 234 valence electrons. The lowest BCUT2D eigenvalue weighted by Gasteiger charge is -2.41. The Morgan fingerprint density at radius 3 is 2.22 bits per heavy atom. The summed E-state index contributed by atoms with van der Waals surface area (Å²) in [4.78, 5) is 24.2. The number of aliphatic carboxylic acids is 1. The second kappa shape index (κ2) is 15.9. The lowest BCUT2D eigenvalue weighted by atomic mass is 9.91. The van der Waals surface area contributed by atoms with Crippen molar-refractivity contribution in [1.82, 2.24) is 5.32 Å². The van der Waals surface area contributed by atoms with Crippen LogP contribution in [0, 0.1) is 5.92 Å². The van der Waals surface area contributed by atoms with Gasteiger partial charge in [0.25, 0.3) is 0 Å². The van der Waals surface area contributed by atoms with Crippen molar-refractivity contribution in [2.75, 3.05) is 5.75 Å². The van der Waals surface area contributed by atoms with Gasteiger partial charge in [0.05, 0.1) is 18.8 Å². The lowest BCUT2D eigenvalue weighted by molar-refractivity contribution is -0.268. The zero-order valence-corrected chi connectivity index (χ0v) is 26.1. The Kier molecular flexibility index (Phi) is 11.4. The molecule has 45 heavy (non-hydrogen) atoms. The van der Waals surface area contributed by atoms with Crippen molar-refractivity contribution in [3.8, 4) is 11.1 Å². The first-order valence-electron chi connectivity index (χ1n) is 15.3. The van der Waals surface area contributed by atoms with E-state index < -0.39 is 12.3 Å². The predicted molar refractivity (Wildman–Crippen MR) is 175 cm³/mol. The number of ether oxygens (including phenoxy) is 2. The van der Waals surface area contributed by atoms with Crippen molar-refractivity contribution >= 4 is 23.6 Å². The highest BCUT2D eigenvalue weighted by molar-refractivity contribution is 7.99. The maximum Gasteiger partial charge on any atom is 0.303 e. The first-order valence-corrected chi connectivity index (χ1v) is 16.2. The van der Waals surface area contributed by atoms with E-state index in [4.69, 9.17) is 14.6 Å². The zero-order chi connectivity index (χ0) is 31.6. The molecule has 4 atom stereocenters. The summed E-state index contributed by atoms with van der Waals surface area (Å²) in [6, 6.07) is 34.3. The average molecular weight is 626 g/mol. The molecule has 1 amide bonds. The van der Waals surface area contributed by atoms with E-state index in [-0.39, 0.29) is 43.5 Å². The Bertz CT molecular complexity index is 1540. The minimum Gasteiger partial charge on any atom is -0.481 e. The van der Waals surface area contributed by atoms with Gasteiger partial charge in [0.2, 0.25) is 5.91 Å². The Balaban J connectivity index is 1.32. The van der Waals surface area contributed by atoms with Crippen molar-refractivity contribution in [3.05, 3.63) is 125 Å². The molecule has 5 rings (SSSR count). The molecule has 1 saturated heterocycles. The van der Waals surface area contributed by atoms with Crippen LogP contribution in [-0.2, 0) is 32.2 Å². The van der Waals surface area contributed by atoms with E-state index in [1.165, 1.54) is 4.90 Å². The number of rotatable bonds is 13. The van der Waals surface area contributed by atoms with E-state index >= 15 is 0 Å². The van der Waals surface area contributed by atoms with Gasteiger partial charge in [-0.3, -0.25) is 9.59 Å². The molecule has 0 spiro atoms. The summed E-state index contributed by atoms with van der Waals surface area (Å²) in [7, 11) is 0. The van der Waals surface area contributed by atoms with Crippen LogP contribution in [-0.4, -0.2) is 33.9 Å². The van der Waals surface area contributed by atoms with Gasteiger partial charge >= 0.3 is 5.97 Å². The van der Waals surface area contributed by atoms with Crippen LogP contribution >= 0.6 is 11.8 Å². The van der Waals surface area contributed by atoms with E-state index in [1.807, 2.05) is 91.0 Å². The van der Waals surface area contributed by atoms with E-state index in [1.54, 1.807) is 11.8 Å². The molecule has 8 heteroatoms. The third kappa shape index (κ3) is 8.83. The number of carbonyl (C=O) groups is 2. The maximum atomic E-state index is 12.3. The molecule has 1 fully saturated rings. The van der Waals surface area contributed by atoms with Crippen molar-refractivity contribution in [2.24, 2.45) is 5.92 Å². The second-order valence-corrected chi connectivity index (χ2v) is 12.3. The third-order valence-corrected chi connectivity index (χ3v) is 9.16. The number of amides is 1. The van der Waals surface area contributed by atoms with Gasteiger partial charge in [-0.2, -0.15) is 0 Å². The number of hydrogen-bond donors (Lipinski definition) is 3. The first kappa shape index (κ1) is 32.4. The molecule has 4 aromatic carbocycles. The number of nitrogens with one attached hydrogen (secondary N) is 1. The Morgan fingerprint density at radius 1 is 0.822 bits per heavy atom. The van der Waals surface area contributed by atoms with E-state index in [2.05, 4.69) is 24.4 Å². The molecular weight excluding hydrogens is 586 g/mol. The van der Waals surface area contributed by atoms with E-state index in [0.29, 0.717) is 13.0 Å². The fourth-order valence-corrected chi connectivity index (χ4v) is 6.55. The van der Waals surface area contributed by atoms with Gasteiger partial charge in [-0.25, -0.2) is 0 Å². The SMILES string of the molecule is C[C@@H]1[C@H](CSc2ccccc2)O[C@H](c2ccc(-c3ccccc3CNC(=O)CCCC(=O)O)cc2)O[C@@H]1c1ccc(CO)cc1. The fraction of sp³-hybridized carbons (Fsp3) is 0.297. The van der Waals surface area contributed by atoms with Crippen LogP contribution in [0.2, 0.25) is 0 Å². The summed E-state index contributed by atoms with van der Waals surface area (Å²) in [5.41, 5.74) is 5.82. The number of thioether (sulfide) groups is 1. The third-order valence-electron chi connectivity index (χ3n) is 8.06. The van der Waals surface area contributed by atoms with Crippen molar-refractivity contribution in [1.29, 1.82) is 0 Å². The first-order chi connectivity index (χ1) is 21.9. The van der Waals surface area contributed by atoms with E-state index in [9.17, 15) is 14.7 Å². The molecule has 0 unspecified atom stereocenters. The van der Waals surface area contributed by atoms with Crippen molar-refractivity contribution < 1.29 is 29.3 Å². The zero-order valence-electron chi connectivity index (χ0n) is 25.3. The molecule has 0 saturated carbocycles. The molecule has 0 radical (unpaired) electrons. The van der Waals surface area contributed by atoms with Gasteiger partial charge in [0.15, 0.2) is 6.29 Å². The summed E-state index contributed by atoms with van der Waals surface area (Å²) < 4.78 is 13.2. The molecule has 7 nitrogen and oxygen atoms in total. The lowest BCUT2D eigenvalue weighted by Crippen LogP contribution is -2.38. The number of aliphatic hydroxyl groups excluding tert-OH is 1. The van der Waals surface area contributed by atoms with Crippen LogP contribution in [0.15, 0.2) is 108 Å². The summed E-state index contributed by atoms with van der Waals surface area (Å²) in [5, 5.41) is 21.3. The number of carbonyl (C=O) groups excluding carboxylic acids is 1. The number of benzene rings is 4. The van der Waals surface area contributed by atoms with Crippen LogP contribution in [0.4, 0.5) is 0 Å². The fourth-order valence-electron chi connectivity index (χ4n) is 5.46. The van der Waals surface area contributed by atoms with Gasteiger partial charge in [0.1, 0.15) is 0 Å². The van der Waals surface area contributed by atoms with Crippen LogP contribution in [0.25, 0.3) is 11.1 Å². The van der Waals surface area contributed by atoms with Gasteiger partial charge in [-0.05, 0) is 46.4 Å². The van der Waals surface area contributed by atoms with Gasteiger partial charge < -0.3 is 25.0 Å². The molecule has 1 aliphatic heterocycles. The van der Waals surface area contributed by atoms with Crippen LogP contribution < -0.4 is 5.32 Å². The van der Waals surface area contributed by atoms with Crippen molar-refractivity contribution in [3.63, 3.8) is 0 Å². The molecule has 4 aromatic rings. The summed E-state index contributed by atoms with van der Waals surface area (Å²) in [6.07, 6.45) is -0.323. The van der Waals surface area contributed by atoms with Crippen LogP contribution in [0.5, 0.6) is 0 Å². The molecule has 1 heterocycles. The second-order valence-electron chi connectivity index (χ2n) is 11.2. The highest BCUT2D eigenvalue weighted by Gasteiger charge is 2.38. The van der Waals surface area contributed by atoms with Crippen molar-refractivity contribution in [2.45, 2.75) is 62.7 Å². The number of hydrogen-bond acceptors (Lipinski definition) is 6. The van der Waals surface area contributed by atoms with Crippen LogP contribution in [0.3, 0.4) is 0 Å². The van der Waals surface area contributed by atoms with Gasteiger partial charge in [-0.15, -0.1) is 11.8 Å². The highest BCUT2D eigenvalue weighted by atomic mass is 32.2. The monoisotopic (exact) mass is 625 g/mol. The largest absolute Gasteiger partial charge is 0.481 e. The normalized spacial score (nSPS) is 19.6. The Morgan fingerprint density at radius 2 is 1.51 bits per heavy atom. The van der Waals surface area contributed by atoms with Gasteiger partial charge in [0, 0.05) is 41.5 Å². The smallest absolute Gasteiger partial charge is 0.303 e. The Hall–Kier alpha value is -3.95. The molecule has 1 aliphatic rings. The topological polar surface area (TPSA) is 105 Å². The highest BCUT2D eigenvalue weighted by Crippen LogP contribution is 2.43.